The Bertz CT molecular complexity index is 1190. The summed E-state index contributed by atoms with van der Waals surface area (Å²) in [6.45, 7) is 2.46. The largest absolute Gasteiger partial charge is 0.465 e. The molecule has 9 heteroatoms. The molecule has 0 aliphatic carbocycles. The summed E-state index contributed by atoms with van der Waals surface area (Å²) in [5, 5.41) is 9.21. The van der Waals surface area contributed by atoms with Gasteiger partial charge in [0.15, 0.2) is 0 Å². The van der Waals surface area contributed by atoms with Crippen molar-refractivity contribution >= 4 is 17.7 Å². The second-order valence-corrected chi connectivity index (χ2v) is 8.51. The Morgan fingerprint density at radius 3 is 2.06 bits per heavy atom. The number of benzene rings is 2. The number of ether oxygens (including phenoxy) is 2. The van der Waals surface area contributed by atoms with Crippen LogP contribution in [0.5, 0.6) is 23.1 Å². The summed E-state index contributed by atoms with van der Waals surface area (Å²) in [5.41, 5.74) is 6.57. The molecule has 5 rings (SSSR count). The van der Waals surface area contributed by atoms with Crippen LogP contribution in [0.4, 0.5) is 10.5 Å². The SMILES string of the molecule is NC(=O)c1cc(N2CC3CN(C(=O)O)CC3C2)cnc1Oc1ccc(Oc2ccccc2)cc1. The molecule has 2 aromatic carbocycles. The molecule has 0 saturated carbocycles. The van der Waals surface area contributed by atoms with Gasteiger partial charge in [-0.2, -0.15) is 0 Å². The summed E-state index contributed by atoms with van der Waals surface area (Å²) in [5.74, 6) is 1.90. The lowest BCUT2D eigenvalue weighted by Crippen LogP contribution is -2.32. The zero-order chi connectivity index (χ0) is 23.7. The summed E-state index contributed by atoms with van der Waals surface area (Å²) in [4.78, 5) is 31.3. The lowest BCUT2D eigenvalue weighted by Gasteiger charge is -2.22. The molecule has 34 heavy (non-hydrogen) atoms. The van der Waals surface area contributed by atoms with Crippen LogP contribution in [0.15, 0.2) is 66.9 Å². The van der Waals surface area contributed by atoms with Gasteiger partial charge in [0.25, 0.3) is 5.91 Å². The molecule has 3 aromatic rings. The maximum Gasteiger partial charge on any atom is 0.407 e. The van der Waals surface area contributed by atoms with Crippen LogP contribution in [0.25, 0.3) is 0 Å². The summed E-state index contributed by atoms with van der Waals surface area (Å²) < 4.78 is 11.6. The minimum absolute atomic E-state index is 0.129. The first-order valence-corrected chi connectivity index (χ1v) is 11.0. The van der Waals surface area contributed by atoms with Gasteiger partial charge in [0.2, 0.25) is 5.88 Å². The Hall–Kier alpha value is -4.27. The number of fused-ring (bicyclic) bond motifs is 1. The number of carbonyl (C=O) groups excluding carboxylic acids is 1. The number of amides is 2. The fourth-order valence-electron chi connectivity index (χ4n) is 4.54. The third-order valence-electron chi connectivity index (χ3n) is 6.24. The zero-order valence-electron chi connectivity index (χ0n) is 18.3. The summed E-state index contributed by atoms with van der Waals surface area (Å²) in [7, 11) is 0. The molecular formula is C25H24N4O5. The van der Waals surface area contributed by atoms with E-state index in [1.165, 1.54) is 4.90 Å². The van der Waals surface area contributed by atoms with Crippen molar-refractivity contribution in [3.8, 4) is 23.1 Å². The van der Waals surface area contributed by atoms with Gasteiger partial charge in [0.05, 0.1) is 11.9 Å². The number of carboxylic acid groups (broad SMARTS) is 1. The molecule has 2 saturated heterocycles. The molecular weight excluding hydrogens is 436 g/mol. The Morgan fingerprint density at radius 1 is 0.882 bits per heavy atom. The van der Waals surface area contributed by atoms with E-state index in [1.54, 1.807) is 36.5 Å². The van der Waals surface area contributed by atoms with E-state index in [1.807, 2.05) is 30.3 Å². The van der Waals surface area contributed by atoms with Crippen LogP contribution in [0.3, 0.4) is 0 Å². The van der Waals surface area contributed by atoms with Crippen LogP contribution in [0.2, 0.25) is 0 Å². The van der Waals surface area contributed by atoms with E-state index in [-0.39, 0.29) is 23.3 Å². The third kappa shape index (κ3) is 4.45. The number of primary amides is 1. The Morgan fingerprint density at radius 2 is 1.47 bits per heavy atom. The highest BCUT2D eigenvalue weighted by Gasteiger charge is 2.42. The van der Waals surface area contributed by atoms with Crippen molar-refractivity contribution in [2.24, 2.45) is 17.6 Å². The van der Waals surface area contributed by atoms with Crippen molar-refractivity contribution in [2.45, 2.75) is 0 Å². The van der Waals surface area contributed by atoms with E-state index in [9.17, 15) is 14.7 Å². The maximum atomic E-state index is 12.1. The number of nitrogens with two attached hydrogens (primary N) is 1. The van der Waals surface area contributed by atoms with Crippen LogP contribution in [0, 0.1) is 11.8 Å². The molecule has 2 aliphatic rings. The van der Waals surface area contributed by atoms with E-state index >= 15 is 0 Å². The highest BCUT2D eigenvalue weighted by atomic mass is 16.5. The van der Waals surface area contributed by atoms with Crippen LogP contribution in [0.1, 0.15) is 10.4 Å². The number of likely N-dealkylation sites (tertiary alicyclic amines) is 1. The molecule has 174 valence electrons. The van der Waals surface area contributed by atoms with Gasteiger partial charge < -0.3 is 30.1 Å². The molecule has 2 amide bonds. The molecule has 3 heterocycles. The number of para-hydroxylation sites is 1. The monoisotopic (exact) mass is 460 g/mol. The fourth-order valence-corrected chi connectivity index (χ4v) is 4.54. The molecule has 0 spiro atoms. The normalized spacial score (nSPS) is 19.1. The van der Waals surface area contributed by atoms with Gasteiger partial charge in [0, 0.05) is 38.0 Å². The van der Waals surface area contributed by atoms with Gasteiger partial charge in [0.1, 0.15) is 22.8 Å². The first kappa shape index (κ1) is 21.6. The molecule has 0 bridgehead atoms. The van der Waals surface area contributed by atoms with Crippen molar-refractivity contribution < 1.29 is 24.2 Å². The topological polar surface area (TPSA) is 118 Å². The smallest absolute Gasteiger partial charge is 0.407 e. The minimum atomic E-state index is -0.875. The predicted molar refractivity (Wildman–Crippen MR) is 125 cm³/mol. The summed E-state index contributed by atoms with van der Waals surface area (Å²) in [6.07, 6.45) is 0.782. The van der Waals surface area contributed by atoms with E-state index in [4.69, 9.17) is 15.2 Å². The fraction of sp³-hybridized carbons (Fsp3) is 0.240. The number of carbonyl (C=O) groups is 2. The number of anilines is 1. The Kier molecular flexibility index (Phi) is 5.67. The second kappa shape index (κ2) is 8.93. The molecule has 9 nitrogen and oxygen atoms in total. The lowest BCUT2D eigenvalue weighted by molar-refractivity contribution is 0.0997. The average Bonchev–Trinajstić information content (AvgIpc) is 3.41. The molecule has 3 N–H and O–H groups in total. The van der Waals surface area contributed by atoms with Crippen LogP contribution in [-0.2, 0) is 0 Å². The summed E-state index contributed by atoms with van der Waals surface area (Å²) >= 11 is 0. The van der Waals surface area contributed by atoms with Gasteiger partial charge in [-0.05, 0) is 42.5 Å². The van der Waals surface area contributed by atoms with Crippen molar-refractivity contribution in [3.63, 3.8) is 0 Å². The van der Waals surface area contributed by atoms with E-state index in [2.05, 4.69) is 9.88 Å². The average molecular weight is 460 g/mol. The number of aromatic nitrogens is 1. The van der Waals surface area contributed by atoms with E-state index < -0.39 is 12.0 Å². The maximum absolute atomic E-state index is 12.1. The van der Waals surface area contributed by atoms with E-state index in [0.717, 1.165) is 11.4 Å². The quantitative estimate of drug-likeness (QED) is 0.574. The first-order valence-electron chi connectivity index (χ1n) is 11.0. The van der Waals surface area contributed by atoms with Gasteiger partial charge in [-0.15, -0.1) is 0 Å². The predicted octanol–water partition coefficient (Wildman–Crippen LogP) is 3.81. The standard InChI is InChI=1S/C25H24N4O5/c26-23(30)22-10-18(28-12-16-14-29(25(31)32)15-17(16)13-28)11-27-24(22)34-21-8-6-20(7-9-21)33-19-4-2-1-3-5-19/h1-11,16-17H,12-15H2,(H2,26,30)(H,31,32). The van der Waals surface area contributed by atoms with Crippen molar-refractivity contribution in [1.82, 2.24) is 9.88 Å². The molecule has 2 fully saturated rings. The number of pyridine rings is 1. The van der Waals surface area contributed by atoms with Crippen LogP contribution in [-0.4, -0.2) is 53.2 Å². The van der Waals surface area contributed by atoms with Crippen LogP contribution < -0.4 is 20.1 Å². The number of rotatable bonds is 6. The van der Waals surface area contributed by atoms with Crippen LogP contribution >= 0.6 is 0 Å². The second-order valence-electron chi connectivity index (χ2n) is 8.51. The number of nitrogens with zero attached hydrogens (tertiary/aromatic N) is 3. The number of hydrogen-bond acceptors (Lipinski definition) is 6. The third-order valence-corrected chi connectivity index (χ3v) is 6.24. The zero-order valence-corrected chi connectivity index (χ0v) is 18.3. The molecule has 2 aliphatic heterocycles. The highest BCUT2D eigenvalue weighted by molar-refractivity contribution is 5.96. The summed E-state index contributed by atoms with van der Waals surface area (Å²) in [6, 6.07) is 18.1. The number of hydrogen-bond donors (Lipinski definition) is 2. The van der Waals surface area contributed by atoms with Crippen molar-refractivity contribution in [1.29, 1.82) is 0 Å². The van der Waals surface area contributed by atoms with Crippen molar-refractivity contribution in [2.75, 3.05) is 31.1 Å². The minimum Gasteiger partial charge on any atom is -0.465 e. The van der Waals surface area contributed by atoms with E-state index in [0.29, 0.717) is 37.7 Å². The first-order chi connectivity index (χ1) is 16.5. The Balaban J connectivity index is 1.28. The van der Waals surface area contributed by atoms with Gasteiger partial charge in [-0.1, -0.05) is 18.2 Å². The Labute approximate surface area is 196 Å². The molecule has 2 unspecified atom stereocenters. The van der Waals surface area contributed by atoms with Crippen molar-refractivity contribution in [3.05, 3.63) is 72.4 Å². The molecule has 2 atom stereocenters. The van der Waals surface area contributed by atoms with Gasteiger partial charge >= 0.3 is 6.09 Å². The highest BCUT2D eigenvalue weighted by Crippen LogP contribution is 2.35. The van der Waals surface area contributed by atoms with Gasteiger partial charge in [-0.3, -0.25) is 4.79 Å². The lowest BCUT2D eigenvalue weighted by atomic mass is 10.0. The molecule has 1 aromatic heterocycles. The molecule has 0 radical (unpaired) electrons. The van der Waals surface area contributed by atoms with Gasteiger partial charge in [-0.25, -0.2) is 9.78 Å².